The Balaban J connectivity index is 2.71. The van der Waals surface area contributed by atoms with Crippen LogP contribution in [-0.2, 0) is 0 Å². The molecule has 0 aliphatic heterocycles. The lowest BCUT2D eigenvalue weighted by atomic mass is 10.0. The largest absolute Gasteiger partial charge is 0.393 e. The molecule has 0 aliphatic rings. The molecule has 3 N–H and O–H groups in total. The summed E-state index contributed by atoms with van der Waals surface area (Å²) in [6.07, 6.45) is -0.348. The molecule has 2 unspecified atom stereocenters. The van der Waals surface area contributed by atoms with Gasteiger partial charge < -0.3 is 10.8 Å². The molecule has 2 nitrogen and oxygen atoms in total. The molecule has 3 heteroatoms. The van der Waals surface area contributed by atoms with Gasteiger partial charge in [0.2, 0.25) is 0 Å². The molecule has 0 radical (unpaired) electrons. The number of hydrogen-bond donors (Lipinski definition) is 2. The molecule has 0 saturated carbocycles. The summed E-state index contributed by atoms with van der Waals surface area (Å²) in [6.45, 7) is 2.29. The summed E-state index contributed by atoms with van der Waals surface area (Å²) in [6, 6.07) is 3.99. The summed E-state index contributed by atoms with van der Waals surface area (Å²) in [5.41, 5.74) is 5.51. The minimum Gasteiger partial charge on any atom is -0.393 e. The first-order valence-electron chi connectivity index (χ1n) is 3.67. The van der Waals surface area contributed by atoms with Gasteiger partial charge in [-0.15, -0.1) is 11.3 Å². The third kappa shape index (κ3) is 2.02. The predicted octanol–water partition coefficient (Wildman–Crippen LogP) is 1.17. The van der Waals surface area contributed by atoms with Crippen LogP contribution < -0.4 is 5.73 Å². The second kappa shape index (κ2) is 3.85. The Morgan fingerprint density at radius 2 is 2.45 bits per heavy atom. The van der Waals surface area contributed by atoms with Gasteiger partial charge in [-0.05, 0) is 18.4 Å². The quantitative estimate of drug-likeness (QED) is 0.717. The Hall–Kier alpha value is -0.380. The number of thiophene rings is 1. The van der Waals surface area contributed by atoms with E-state index < -0.39 is 0 Å². The highest BCUT2D eigenvalue weighted by Gasteiger charge is 2.15. The van der Waals surface area contributed by atoms with Crippen molar-refractivity contribution >= 4 is 11.3 Å². The van der Waals surface area contributed by atoms with E-state index in [-0.39, 0.29) is 12.0 Å². The maximum Gasteiger partial charge on any atom is 0.0600 e. The molecular weight excluding hydrogens is 158 g/mol. The van der Waals surface area contributed by atoms with Crippen LogP contribution in [0.5, 0.6) is 0 Å². The van der Waals surface area contributed by atoms with Crippen LogP contribution >= 0.6 is 11.3 Å². The lowest BCUT2D eigenvalue weighted by Gasteiger charge is -2.15. The second-order valence-electron chi connectivity index (χ2n) is 2.60. The van der Waals surface area contributed by atoms with Crippen molar-refractivity contribution in [1.29, 1.82) is 0 Å². The van der Waals surface area contributed by atoms with Crippen molar-refractivity contribution < 1.29 is 5.11 Å². The summed E-state index contributed by atoms with van der Waals surface area (Å²) < 4.78 is 0. The Kier molecular flexibility index (Phi) is 3.05. The molecule has 62 valence electrons. The fourth-order valence-electron chi connectivity index (χ4n) is 1.05. The van der Waals surface area contributed by atoms with Crippen molar-refractivity contribution in [2.45, 2.75) is 18.9 Å². The molecule has 0 aliphatic carbocycles. The molecule has 1 heterocycles. The Morgan fingerprint density at radius 3 is 2.82 bits per heavy atom. The molecule has 0 amide bonds. The first-order valence-corrected chi connectivity index (χ1v) is 4.55. The zero-order chi connectivity index (χ0) is 8.27. The molecule has 0 saturated heterocycles. The third-order valence-electron chi connectivity index (χ3n) is 1.74. The van der Waals surface area contributed by atoms with Crippen LogP contribution in [0.25, 0.3) is 0 Å². The highest BCUT2D eigenvalue weighted by atomic mass is 32.1. The number of aliphatic hydroxyl groups excluding tert-OH is 1. The van der Waals surface area contributed by atoms with Gasteiger partial charge in [0.05, 0.1) is 6.10 Å². The van der Waals surface area contributed by atoms with Gasteiger partial charge in [-0.25, -0.2) is 0 Å². The van der Waals surface area contributed by atoms with Crippen LogP contribution in [0.15, 0.2) is 17.5 Å². The zero-order valence-corrected chi connectivity index (χ0v) is 7.34. The van der Waals surface area contributed by atoms with E-state index in [1.54, 1.807) is 18.3 Å². The maximum absolute atomic E-state index is 9.31. The van der Waals surface area contributed by atoms with Gasteiger partial charge in [-0.2, -0.15) is 0 Å². The monoisotopic (exact) mass is 171 g/mol. The number of rotatable bonds is 3. The van der Waals surface area contributed by atoms with Crippen LogP contribution in [0.4, 0.5) is 0 Å². The van der Waals surface area contributed by atoms with Crippen LogP contribution in [0.2, 0.25) is 0 Å². The average molecular weight is 171 g/mol. The first-order chi connectivity index (χ1) is 5.25. The van der Waals surface area contributed by atoms with E-state index in [1.165, 1.54) is 4.88 Å². The van der Waals surface area contributed by atoms with Crippen molar-refractivity contribution in [1.82, 2.24) is 0 Å². The highest BCUT2D eigenvalue weighted by Crippen LogP contribution is 2.22. The van der Waals surface area contributed by atoms with Gasteiger partial charge in [0.15, 0.2) is 0 Å². The first kappa shape index (κ1) is 8.71. The second-order valence-corrected chi connectivity index (χ2v) is 3.58. The molecule has 1 aromatic rings. The lowest BCUT2D eigenvalue weighted by Crippen LogP contribution is -2.22. The molecule has 11 heavy (non-hydrogen) atoms. The number of nitrogens with two attached hydrogens (primary N) is 1. The van der Waals surface area contributed by atoms with E-state index >= 15 is 0 Å². The van der Waals surface area contributed by atoms with Crippen molar-refractivity contribution in [3.8, 4) is 0 Å². The van der Waals surface area contributed by atoms with Crippen LogP contribution in [-0.4, -0.2) is 17.8 Å². The van der Waals surface area contributed by atoms with E-state index in [4.69, 9.17) is 5.73 Å². The van der Waals surface area contributed by atoms with Gasteiger partial charge in [-0.3, -0.25) is 0 Å². The Morgan fingerprint density at radius 1 is 1.73 bits per heavy atom. The molecule has 2 atom stereocenters. The minimum atomic E-state index is -0.348. The van der Waals surface area contributed by atoms with E-state index in [2.05, 4.69) is 0 Å². The smallest absolute Gasteiger partial charge is 0.0600 e. The Labute approximate surface area is 70.7 Å². The highest BCUT2D eigenvalue weighted by molar-refractivity contribution is 7.10. The van der Waals surface area contributed by atoms with E-state index in [9.17, 15) is 5.11 Å². The zero-order valence-electron chi connectivity index (χ0n) is 6.53. The SMILES string of the molecule is CC(O)C(CN)c1cccs1. The van der Waals surface area contributed by atoms with Crippen LogP contribution in [0, 0.1) is 0 Å². The summed E-state index contributed by atoms with van der Waals surface area (Å²) in [7, 11) is 0. The average Bonchev–Trinajstić information content (AvgIpc) is 2.40. The van der Waals surface area contributed by atoms with Gasteiger partial charge >= 0.3 is 0 Å². The molecular formula is C8H13NOS. The topological polar surface area (TPSA) is 46.2 Å². The normalized spacial score (nSPS) is 16.3. The van der Waals surface area contributed by atoms with Gasteiger partial charge in [-0.1, -0.05) is 6.07 Å². The van der Waals surface area contributed by atoms with Crippen molar-refractivity contribution in [2.75, 3.05) is 6.54 Å². The minimum absolute atomic E-state index is 0.106. The molecule has 1 rings (SSSR count). The molecule has 0 bridgehead atoms. The maximum atomic E-state index is 9.31. The van der Waals surface area contributed by atoms with Gasteiger partial charge in [0.1, 0.15) is 0 Å². The van der Waals surface area contributed by atoms with Gasteiger partial charge in [0, 0.05) is 17.3 Å². The molecule has 0 aromatic carbocycles. The standard InChI is InChI=1S/C8H13NOS/c1-6(10)7(5-9)8-3-2-4-11-8/h2-4,6-7,10H,5,9H2,1H3. The lowest BCUT2D eigenvalue weighted by molar-refractivity contribution is 0.166. The van der Waals surface area contributed by atoms with Crippen molar-refractivity contribution in [2.24, 2.45) is 5.73 Å². The van der Waals surface area contributed by atoms with Gasteiger partial charge in [0.25, 0.3) is 0 Å². The fraction of sp³-hybridized carbons (Fsp3) is 0.500. The summed E-state index contributed by atoms with van der Waals surface area (Å²) in [5.74, 6) is 0.106. The number of aliphatic hydroxyl groups is 1. The predicted molar refractivity (Wildman–Crippen MR) is 47.8 cm³/mol. The number of hydrogen-bond acceptors (Lipinski definition) is 3. The van der Waals surface area contributed by atoms with Crippen molar-refractivity contribution in [3.05, 3.63) is 22.4 Å². The molecule has 0 fully saturated rings. The fourth-order valence-corrected chi connectivity index (χ4v) is 1.99. The third-order valence-corrected chi connectivity index (χ3v) is 2.75. The van der Waals surface area contributed by atoms with E-state index in [1.807, 2.05) is 17.5 Å². The molecule has 0 spiro atoms. The Bertz CT molecular complexity index is 196. The summed E-state index contributed by atoms with van der Waals surface area (Å²) >= 11 is 1.64. The van der Waals surface area contributed by atoms with Crippen LogP contribution in [0.3, 0.4) is 0 Å². The summed E-state index contributed by atoms with van der Waals surface area (Å²) in [5, 5.41) is 11.3. The summed E-state index contributed by atoms with van der Waals surface area (Å²) in [4.78, 5) is 1.17. The van der Waals surface area contributed by atoms with Crippen LogP contribution in [0.1, 0.15) is 17.7 Å². The van der Waals surface area contributed by atoms with Crippen molar-refractivity contribution in [3.63, 3.8) is 0 Å². The van der Waals surface area contributed by atoms with E-state index in [0.29, 0.717) is 6.54 Å². The molecule has 1 aromatic heterocycles. The van der Waals surface area contributed by atoms with E-state index in [0.717, 1.165) is 0 Å².